The van der Waals surface area contributed by atoms with Gasteiger partial charge in [-0.05, 0) is 0 Å². The lowest BCUT2D eigenvalue weighted by Gasteiger charge is -2.02. The van der Waals surface area contributed by atoms with E-state index in [9.17, 15) is 0 Å². The van der Waals surface area contributed by atoms with Crippen LogP contribution in [0.1, 0.15) is 13.8 Å². The predicted molar refractivity (Wildman–Crippen MR) is 42.4 cm³/mol. The van der Waals surface area contributed by atoms with Crippen molar-refractivity contribution < 1.29 is 11.0 Å². The summed E-state index contributed by atoms with van der Waals surface area (Å²) in [4.78, 5) is 4.24. The molecule has 0 amide bonds. The van der Waals surface area contributed by atoms with Crippen molar-refractivity contribution in [2.45, 2.75) is 13.8 Å². The second kappa shape index (κ2) is 5.20. The maximum absolute atomic E-state index is 4.24. The van der Waals surface area contributed by atoms with Gasteiger partial charge in [0.15, 0.2) is 0 Å². The molecule has 10 heavy (non-hydrogen) atoms. The van der Waals surface area contributed by atoms with Crippen LogP contribution < -0.4 is 5.32 Å². The second-order valence-corrected chi connectivity index (χ2v) is 2.35. The molecule has 0 saturated heterocycles. The van der Waals surface area contributed by atoms with Gasteiger partial charge in [0, 0.05) is 12.5 Å². The van der Waals surface area contributed by atoms with Crippen molar-refractivity contribution in [2.75, 3.05) is 13.1 Å². The average molecular weight is 148 g/mol. The van der Waals surface area contributed by atoms with Crippen molar-refractivity contribution in [1.29, 1.82) is 0 Å². The van der Waals surface area contributed by atoms with Gasteiger partial charge >= 0.3 is 0 Å². The quantitative estimate of drug-likeness (QED) is 0.507. The Morgan fingerprint density at radius 2 is 2.00 bits per heavy atom. The number of hydrogen-bond acceptors (Lipinski definition) is 2. The van der Waals surface area contributed by atoms with Gasteiger partial charge in [0.25, 0.3) is 0 Å². The van der Waals surface area contributed by atoms with Crippen LogP contribution in [0.25, 0.3) is 0 Å². The van der Waals surface area contributed by atoms with E-state index in [-0.39, 0.29) is 11.0 Å². The van der Waals surface area contributed by atoms with Crippen LogP contribution in [0.5, 0.6) is 0 Å². The topological polar surface area (TPSA) is 87.4 Å². The van der Waals surface area contributed by atoms with E-state index in [2.05, 4.69) is 24.2 Å². The van der Waals surface area contributed by atoms with E-state index in [1.54, 1.807) is 0 Å². The van der Waals surface area contributed by atoms with E-state index in [1.165, 1.54) is 5.84 Å². The number of aliphatic imine (C=N–C) groups is 1. The monoisotopic (exact) mass is 148 g/mol. The number of amidine groups is 1. The number of hydrogen-bond donors (Lipinski definition) is 1. The minimum Gasteiger partial charge on any atom is -0.412 e. The van der Waals surface area contributed by atoms with Gasteiger partial charge in [0.2, 0.25) is 0 Å². The first-order valence-corrected chi connectivity index (χ1v) is 3.09. The molecule has 4 heteroatoms. The highest BCUT2D eigenvalue weighted by Gasteiger charge is 2.06. The molecule has 62 valence electrons. The maximum Gasteiger partial charge on any atom is 0.0990 e. The van der Waals surface area contributed by atoms with Crippen LogP contribution >= 0.6 is 0 Å². The summed E-state index contributed by atoms with van der Waals surface area (Å²) < 4.78 is 0. The van der Waals surface area contributed by atoms with Gasteiger partial charge in [0.05, 0.1) is 12.4 Å². The third kappa shape index (κ3) is 2.80. The Hall–Kier alpha value is -0.610. The minimum absolute atomic E-state index is 0. The minimum atomic E-state index is 0. The lowest BCUT2D eigenvalue weighted by Crippen LogP contribution is -2.23. The molecule has 0 saturated carbocycles. The van der Waals surface area contributed by atoms with Crippen LogP contribution in [0, 0.1) is 5.92 Å². The third-order valence-electron chi connectivity index (χ3n) is 1.25. The molecular formula is C6H16N2O2. The highest BCUT2D eigenvalue weighted by Crippen LogP contribution is 1.97. The molecule has 0 radical (unpaired) electrons. The van der Waals surface area contributed by atoms with E-state index < -0.39 is 0 Å². The summed E-state index contributed by atoms with van der Waals surface area (Å²) in [5, 5.41) is 3.21. The van der Waals surface area contributed by atoms with Crippen molar-refractivity contribution in [3.63, 3.8) is 0 Å². The standard InChI is InChI=1S/C6H12N2.2H2O/c1-5(2)6-7-3-4-8-6;;/h5H,3-4H2,1-2H3,(H,7,8);2*1H2. The second-order valence-electron chi connectivity index (χ2n) is 2.35. The van der Waals surface area contributed by atoms with Crippen LogP contribution in [-0.4, -0.2) is 29.9 Å². The molecule has 1 aliphatic heterocycles. The Labute approximate surface area is 61.0 Å². The van der Waals surface area contributed by atoms with Crippen LogP contribution in [0.2, 0.25) is 0 Å². The molecule has 0 unspecified atom stereocenters. The Kier molecular flexibility index (Phi) is 6.29. The molecule has 0 aromatic rings. The van der Waals surface area contributed by atoms with E-state index >= 15 is 0 Å². The molecule has 0 spiro atoms. The normalized spacial score (nSPS) is 14.9. The maximum atomic E-state index is 4.24. The summed E-state index contributed by atoms with van der Waals surface area (Å²) in [6.45, 7) is 6.30. The third-order valence-corrected chi connectivity index (χ3v) is 1.25. The fourth-order valence-corrected chi connectivity index (χ4v) is 0.803. The van der Waals surface area contributed by atoms with Crippen molar-refractivity contribution >= 4 is 5.84 Å². The van der Waals surface area contributed by atoms with Crippen LogP contribution in [0.3, 0.4) is 0 Å². The predicted octanol–water partition coefficient (Wildman–Crippen LogP) is -1.01. The molecule has 4 nitrogen and oxygen atoms in total. The van der Waals surface area contributed by atoms with E-state index in [1.807, 2.05) is 0 Å². The van der Waals surface area contributed by atoms with Crippen LogP contribution in [-0.2, 0) is 0 Å². The Morgan fingerprint density at radius 1 is 1.40 bits per heavy atom. The van der Waals surface area contributed by atoms with Crippen LogP contribution in [0.15, 0.2) is 4.99 Å². The molecule has 1 heterocycles. The van der Waals surface area contributed by atoms with Gasteiger partial charge < -0.3 is 16.3 Å². The number of nitrogens with one attached hydrogen (secondary N) is 1. The molecule has 0 aromatic heterocycles. The Balaban J connectivity index is 0. The fraction of sp³-hybridized carbons (Fsp3) is 0.833. The van der Waals surface area contributed by atoms with E-state index in [4.69, 9.17) is 0 Å². The summed E-state index contributed by atoms with van der Waals surface area (Å²) in [5.74, 6) is 1.75. The Morgan fingerprint density at radius 3 is 2.20 bits per heavy atom. The largest absolute Gasteiger partial charge is 0.412 e. The first kappa shape index (κ1) is 12.1. The summed E-state index contributed by atoms with van der Waals surface area (Å²) in [6, 6.07) is 0. The lowest BCUT2D eigenvalue weighted by molar-refractivity contribution is 0.823. The summed E-state index contributed by atoms with van der Waals surface area (Å²) in [7, 11) is 0. The molecule has 1 aliphatic rings. The Bertz CT molecular complexity index is 112. The molecule has 0 bridgehead atoms. The highest BCUT2D eigenvalue weighted by atomic mass is 16.0. The zero-order valence-electron chi connectivity index (χ0n) is 6.44. The first-order valence-electron chi connectivity index (χ1n) is 3.09. The highest BCUT2D eigenvalue weighted by molar-refractivity contribution is 5.85. The smallest absolute Gasteiger partial charge is 0.0990 e. The zero-order valence-corrected chi connectivity index (χ0v) is 6.44. The molecule has 5 N–H and O–H groups in total. The number of rotatable bonds is 1. The van der Waals surface area contributed by atoms with Crippen molar-refractivity contribution in [2.24, 2.45) is 10.9 Å². The lowest BCUT2D eigenvalue weighted by atomic mass is 10.2. The van der Waals surface area contributed by atoms with E-state index in [0.717, 1.165) is 13.1 Å². The average Bonchev–Trinajstić information content (AvgIpc) is 2.12. The number of nitrogens with zero attached hydrogens (tertiary/aromatic N) is 1. The summed E-state index contributed by atoms with van der Waals surface area (Å²) >= 11 is 0. The van der Waals surface area contributed by atoms with Crippen LogP contribution in [0.4, 0.5) is 0 Å². The van der Waals surface area contributed by atoms with Crippen molar-refractivity contribution in [3.8, 4) is 0 Å². The van der Waals surface area contributed by atoms with Gasteiger partial charge in [-0.3, -0.25) is 4.99 Å². The van der Waals surface area contributed by atoms with Gasteiger partial charge in [-0.25, -0.2) is 0 Å². The fourth-order valence-electron chi connectivity index (χ4n) is 0.803. The van der Waals surface area contributed by atoms with Crippen molar-refractivity contribution in [3.05, 3.63) is 0 Å². The summed E-state index contributed by atoms with van der Waals surface area (Å²) in [5.41, 5.74) is 0. The van der Waals surface area contributed by atoms with E-state index in [0.29, 0.717) is 5.92 Å². The van der Waals surface area contributed by atoms with Gasteiger partial charge in [-0.15, -0.1) is 0 Å². The summed E-state index contributed by atoms with van der Waals surface area (Å²) in [6.07, 6.45) is 0. The van der Waals surface area contributed by atoms with Gasteiger partial charge in [-0.2, -0.15) is 0 Å². The molecule has 0 fully saturated rings. The molecule has 0 aromatic carbocycles. The van der Waals surface area contributed by atoms with Crippen molar-refractivity contribution in [1.82, 2.24) is 5.32 Å². The molecule has 0 atom stereocenters. The SMILES string of the molecule is CC(C)C1=NCCN1.O.O. The van der Waals surface area contributed by atoms with Gasteiger partial charge in [-0.1, -0.05) is 13.8 Å². The first-order chi connectivity index (χ1) is 3.80. The molecule has 0 aliphatic carbocycles. The van der Waals surface area contributed by atoms with Gasteiger partial charge in [0.1, 0.15) is 0 Å². The molecule has 1 rings (SSSR count). The molecular weight excluding hydrogens is 132 g/mol. The zero-order chi connectivity index (χ0) is 5.98.